The molecule has 0 aromatic rings. The molecule has 0 aromatic carbocycles. The van der Waals surface area contributed by atoms with E-state index in [-0.39, 0.29) is 11.7 Å². The lowest BCUT2D eigenvalue weighted by molar-refractivity contribution is -0.00236. The van der Waals surface area contributed by atoms with E-state index in [9.17, 15) is 4.79 Å². The maximum Gasteiger partial charge on any atom is 0.409 e. The van der Waals surface area contributed by atoms with Crippen LogP contribution in [0.2, 0.25) is 0 Å². The van der Waals surface area contributed by atoms with Crippen molar-refractivity contribution in [1.82, 2.24) is 10.2 Å². The van der Waals surface area contributed by atoms with Crippen LogP contribution in [0.4, 0.5) is 4.79 Å². The molecule has 5 heteroatoms. The van der Waals surface area contributed by atoms with Crippen molar-refractivity contribution >= 4 is 6.09 Å². The van der Waals surface area contributed by atoms with Gasteiger partial charge in [0.1, 0.15) is 0 Å². The Kier molecular flexibility index (Phi) is 6.58. The van der Waals surface area contributed by atoms with E-state index in [2.05, 4.69) is 26.1 Å². The Labute approximate surface area is 116 Å². The molecule has 0 bridgehead atoms. The van der Waals surface area contributed by atoms with E-state index >= 15 is 0 Å². The SMILES string of the molecule is CCOC(=O)N1CCC(NCCOC(C)(C)C)CC1. The summed E-state index contributed by atoms with van der Waals surface area (Å²) in [6, 6.07) is 0.481. The highest BCUT2D eigenvalue weighted by Gasteiger charge is 2.23. The minimum Gasteiger partial charge on any atom is -0.450 e. The molecule has 5 nitrogen and oxygen atoms in total. The molecule has 1 aliphatic heterocycles. The van der Waals surface area contributed by atoms with Crippen molar-refractivity contribution < 1.29 is 14.3 Å². The van der Waals surface area contributed by atoms with Gasteiger partial charge in [0, 0.05) is 25.7 Å². The number of carbonyl (C=O) groups is 1. The predicted molar refractivity (Wildman–Crippen MR) is 75.3 cm³/mol. The van der Waals surface area contributed by atoms with Crippen LogP contribution in [0, 0.1) is 0 Å². The lowest BCUT2D eigenvalue weighted by atomic mass is 10.1. The summed E-state index contributed by atoms with van der Waals surface area (Å²) in [7, 11) is 0. The number of ether oxygens (including phenoxy) is 2. The van der Waals surface area contributed by atoms with Crippen molar-refractivity contribution in [2.24, 2.45) is 0 Å². The van der Waals surface area contributed by atoms with Crippen LogP contribution in [-0.2, 0) is 9.47 Å². The highest BCUT2D eigenvalue weighted by Crippen LogP contribution is 2.11. The molecule has 0 unspecified atom stereocenters. The Hall–Kier alpha value is -0.810. The maximum absolute atomic E-state index is 11.5. The van der Waals surface area contributed by atoms with Gasteiger partial charge < -0.3 is 19.7 Å². The Morgan fingerprint density at radius 3 is 2.47 bits per heavy atom. The number of piperidine rings is 1. The zero-order valence-corrected chi connectivity index (χ0v) is 12.7. The van der Waals surface area contributed by atoms with Gasteiger partial charge in [-0.15, -0.1) is 0 Å². The highest BCUT2D eigenvalue weighted by atomic mass is 16.6. The average molecular weight is 272 g/mol. The molecule has 0 atom stereocenters. The van der Waals surface area contributed by atoms with Gasteiger partial charge in [-0.1, -0.05) is 0 Å². The average Bonchev–Trinajstić information content (AvgIpc) is 2.34. The van der Waals surface area contributed by atoms with Crippen LogP contribution in [0.25, 0.3) is 0 Å². The Morgan fingerprint density at radius 2 is 1.95 bits per heavy atom. The molecule has 1 aliphatic rings. The van der Waals surface area contributed by atoms with Crippen molar-refractivity contribution in [2.45, 2.75) is 52.2 Å². The second-order valence-electron chi connectivity index (χ2n) is 5.88. The second kappa shape index (κ2) is 7.70. The zero-order chi connectivity index (χ0) is 14.3. The predicted octanol–water partition coefficient (Wildman–Crippen LogP) is 2.01. The lowest BCUT2D eigenvalue weighted by Gasteiger charge is -2.32. The fourth-order valence-electron chi connectivity index (χ4n) is 2.10. The molecule has 1 amide bonds. The first kappa shape index (κ1) is 16.2. The van der Waals surface area contributed by atoms with Crippen LogP contribution < -0.4 is 5.32 Å². The van der Waals surface area contributed by atoms with Gasteiger partial charge >= 0.3 is 6.09 Å². The molecule has 1 heterocycles. The number of hydrogen-bond acceptors (Lipinski definition) is 4. The van der Waals surface area contributed by atoms with Gasteiger partial charge in [0.05, 0.1) is 18.8 Å². The van der Waals surface area contributed by atoms with Gasteiger partial charge in [0.2, 0.25) is 0 Å². The lowest BCUT2D eigenvalue weighted by Crippen LogP contribution is -2.46. The first-order valence-electron chi connectivity index (χ1n) is 7.21. The summed E-state index contributed by atoms with van der Waals surface area (Å²) in [5.74, 6) is 0. The molecule has 0 saturated carbocycles. The number of nitrogens with one attached hydrogen (secondary N) is 1. The molecule has 19 heavy (non-hydrogen) atoms. The number of carbonyl (C=O) groups excluding carboxylic acids is 1. The standard InChI is InChI=1S/C14H28N2O3/c1-5-18-13(17)16-9-6-12(7-10-16)15-8-11-19-14(2,3)4/h12,15H,5-11H2,1-4H3. The molecule has 1 saturated heterocycles. The fraction of sp³-hybridized carbons (Fsp3) is 0.929. The van der Waals surface area contributed by atoms with Crippen molar-refractivity contribution in [3.63, 3.8) is 0 Å². The molecule has 112 valence electrons. The van der Waals surface area contributed by atoms with Gasteiger partial charge in [-0.05, 0) is 40.5 Å². The monoisotopic (exact) mass is 272 g/mol. The Morgan fingerprint density at radius 1 is 1.32 bits per heavy atom. The summed E-state index contributed by atoms with van der Waals surface area (Å²) in [5.41, 5.74) is -0.0744. The van der Waals surface area contributed by atoms with Gasteiger partial charge in [-0.3, -0.25) is 0 Å². The van der Waals surface area contributed by atoms with E-state index in [4.69, 9.17) is 9.47 Å². The molecule has 1 N–H and O–H groups in total. The third kappa shape index (κ3) is 6.78. The molecule has 0 aliphatic carbocycles. The summed E-state index contributed by atoms with van der Waals surface area (Å²) in [6.45, 7) is 11.6. The van der Waals surface area contributed by atoms with Crippen molar-refractivity contribution in [1.29, 1.82) is 0 Å². The molecule has 0 spiro atoms. The van der Waals surface area contributed by atoms with E-state index < -0.39 is 0 Å². The van der Waals surface area contributed by atoms with Crippen LogP contribution in [0.3, 0.4) is 0 Å². The third-order valence-electron chi connectivity index (χ3n) is 3.09. The number of amides is 1. The number of nitrogens with zero attached hydrogens (tertiary/aromatic N) is 1. The number of likely N-dealkylation sites (tertiary alicyclic amines) is 1. The number of hydrogen-bond donors (Lipinski definition) is 1. The van der Waals surface area contributed by atoms with Crippen molar-refractivity contribution in [2.75, 3.05) is 32.8 Å². The van der Waals surface area contributed by atoms with Gasteiger partial charge in [0.15, 0.2) is 0 Å². The van der Waals surface area contributed by atoms with Gasteiger partial charge in [-0.25, -0.2) is 4.79 Å². The summed E-state index contributed by atoms with van der Waals surface area (Å²) >= 11 is 0. The summed E-state index contributed by atoms with van der Waals surface area (Å²) in [6.07, 6.45) is 1.78. The molecule has 0 radical (unpaired) electrons. The summed E-state index contributed by atoms with van der Waals surface area (Å²) < 4.78 is 10.7. The minimum atomic E-state index is -0.183. The fourth-order valence-corrected chi connectivity index (χ4v) is 2.10. The van der Waals surface area contributed by atoms with Gasteiger partial charge in [-0.2, -0.15) is 0 Å². The minimum absolute atomic E-state index is 0.0744. The van der Waals surface area contributed by atoms with Crippen molar-refractivity contribution in [3.8, 4) is 0 Å². The summed E-state index contributed by atoms with van der Waals surface area (Å²) in [4.78, 5) is 13.3. The van der Waals surface area contributed by atoms with E-state index in [0.717, 1.165) is 39.1 Å². The highest BCUT2D eigenvalue weighted by molar-refractivity contribution is 5.67. The van der Waals surface area contributed by atoms with Crippen LogP contribution in [0.15, 0.2) is 0 Å². The Bertz CT molecular complexity index is 268. The maximum atomic E-state index is 11.5. The molecule has 0 aromatic heterocycles. The molecule has 1 rings (SSSR count). The van der Waals surface area contributed by atoms with Gasteiger partial charge in [0.25, 0.3) is 0 Å². The third-order valence-corrected chi connectivity index (χ3v) is 3.09. The topological polar surface area (TPSA) is 50.8 Å². The second-order valence-corrected chi connectivity index (χ2v) is 5.88. The first-order valence-corrected chi connectivity index (χ1v) is 7.21. The van der Waals surface area contributed by atoms with Crippen LogP contribution in [0.1, 0.15) is 40.5 Å². The molecular formula is C14H28N2O3. The quantitative estimate of drug-likeness (QED) is 0.778. The molecule has 1 fully saturated rings. The van der Waals surface area contributed by atoms with E-state index in [1.54, 1.807) is 4.90 Å². The van der Waals surface area contributed by atoms with Crippen molar-refractivity contribution in [3.05, 3.63) is 0 Å². The van der Waals surface area contributed by atoms with Crippen LogP contribution in [-0.4, -0.2) is 55.5 Å². The van der Waals surface area contributed by atoms with E-state index in [1.165, 1.54) is 0 Å². The Balaban J connectivity index is 2.11. The van der Waals surface area contributed by atoms with E-state index in [0.29, 0.717) is 12.6 Å². The normalized spacial score (nSPS) is 17.6. The first-order chi connectivity index (χ1) is 8.92. The largest absolute Gasteiger partial charge is 0.450 e. The smallest absolute Gasteiger partial charge is 0.409 e. The zero-order valence-electron chi connectivity index (χ0n) is 12.7. The number of rotatable bonds is 5. The van der Waals surface area contributed by atoms with E-state index in [1.807, 2.05) is 6.92 Å². The molecular weight excluding hydrogens is 244 g/mol. The van der Waals surface area contributed by atoms with Crippen LogP contribution >= 0.6 is 0 Å². The summed E-state index contributed by atoms with van der Waals surface area (Å²) in [5, 5.41) is 3.48. The van der Waals surface area contributed by atoms with Crippen LogP contribution in [0.5, 0.6) is 0 Å².